The smallest absolute Gasteiger partial charge is 0.254 e. The highest BCUT2D eigenvalue weighted by Gasteiger charge is 2.37. The number of nitrogens with zero attached hydrogens (tertiary/aromatic N) is 1. The minimum Gasteiger partial charge on any atom is -0.351 e. The minimum absolute atomic E-state index is 0.0595. The van der Waals surface area contributed by atoms with E-state index in [2.05, 4.69) is 5.32 Å². The Morgan fingerprint density at radius 3 is 2.38 bits per heavy atom. The summed E-state index contributed by atoms with van der Waals surface area (Å²) >= 11 is 0. The zero-order valence-electron chi connectivity index (χ0n) is 13.6. The molecule has 2 fully saturated rings. The van der Waals surface area contributed by atoms with Gasteiger partial charge in [-0.15, -0.1) is 0 Å². The van der Waals surface area contributed by atoms with Crippen LogP contribution >= 0.6 is 0 Å². The van der Waals surface area contributed by atoms with Crippen LogP contribution < -0.4 is 5.32 Å². The third kappa shape index (κ3) is 3.91. The van der Waals surface area contributed by atoms with Crippen molar-refractivity contribution in [1.82, 2.24) is 10.2 Å². The number of rotatable bonds is 6. The first kappa shape index (κ1) is 16.9. The fourth-order valence-corrected chi connectivity index (χ4v) is 3.42. The van der Waals surface area contributed by atoms with Crippen LogP contribution in [-0.2, 0) is 4.79 Å². The fraction of sp³-hybridized carbons (Fsp3) is 0.556. The normalized spacial score (nSPS) is 17.8. The monoisotopic (exact) mass is 336 g/mol. The number of benzene rings is 1. The third-order valence-electron chi connectivity index (χ3n) is 4.75. The standard InChI is InChI=1S/C18H22F2N2O2/c19-12-5-8-15(16(20)11-12)18(24)21-10-9-17(23)22(14-6-7-14)13-3-1-2-4-13/h5,8,11,13-14H,1-4,6-7,9-10H2,(H,21,24). The molecule has 0 heterocycles. The summed E-state index contributed by atoms with van der Waals surface area (Å²) in [5, 5.41) is 2.55. The molecule has 3 rings (SSSR count). The van der Waals surface area contributed by atoms with Gasteiger partial charge in [0.15, 0.2) is 0 Å². The summed E-state index contributed by atoms with van der Waals surface area (Å²) in [5.41, 5.74) is -0.210. The molecule has 24 heavy (non-hydrogen) atoms. The first-order valence-electron chi connectivity index (χ1n) is 8.60. The number of hydrogen-bond donors (Lipinski definition) is 1. The van der Waals surface area contributed by atoms with Gasteiger partial charge in [-0.3, -0.25) is 9.59 Å². The predicted molar refractivity (Wildman–Crippen MR) is 85.4 cm³/mol. The maximum absolute atomic E-state index is 13.6. The second kappa shape index (κ2) is 7.28. The van der Waals surface area contributed by atoms with Gasteiger partial charge in [0.1, 0.15) is 11.6 Å². The van der Waals surface area contributed by atoms with E-state index < -0.39 is 17.5 Å². The van der Waals surface area contributed by atoms with Crippen molar-refractivity contribution in [3.05, 3.63) is 35.4 Å². The molecule has 2 aliphatic carbocycles. The summed E-state index contributed by atoms with van der Waals surface area (Å²) < 4.78 is 26.4. The van der Waals surface area contributed by atoms with Crippen LogP contribution in [-0.4, -0.2) is 35.3 Å². The highest BCUT2D eigenvalue weighted by molar-refractivity contribution is 5.94. The van der Waals surface area contributed by atoms with Gasteiger partial charge < -0.3 is 10.2 Å². The first-order valence-corrected chi connectivity index (χ1v) is 8.60. The SMILES string of the molecule is O=C(NCCC(=O)N(C1CCCC1)C1CC1)c1ccc(F)cc1F. The van der Waals surface area contributed by atoms with Crippen LogP contribution in [0.5, 0.6) is 0 Å². The number of nitrogens with one attached hydrogen (secondary N) is 1. The summed E-state index contributed by atoms with van der Waals surface area (Å²) in [6, 6.07) is 3.53. The first-order chi connectivity index (χ1) is 11.6. The molecule has 0 atom stereocenters. The van der Waals surface area contributed by atoms with E-state index in [1.54, 1.807) is 0 Å². The van der Waals surface area contributed by atoms with Gasteiger partial charge in [0, 0.05) is 31.1 Å². The lowest BCUT2D eigenvalue weighted by Gasteiger charge is -2.29. The second-order valence-electron chi connectivity index (χ2n) is 6.60. The molecule has 0 saturated heterocycles. The number of hydrogen-bond acceptors (Lipinski definition) is 2. The van der Waals surface area contributed by atoms with Crippen LogP contribution in [0.4, 0.5) is 8.78 Å². The van der Waals surface area contributed by atoms with E-state index in [-0.39, 0.29) is 24.4 Å². The average Bonchev–Trinajstić information content (AvgIpc) is 3.21. The zero-order chi connectivity index (χ0) is 17.1. The number of carbonyl (C=O) groups excluding carboxylic acids is 2. The molecule has 0 aliphatic heterocycles. The molecule has 4 nitrogen and oxygen atoms in total. The summed E-state index contributed by atoms with van der Waals surface area (Å²) in [6.45, 7) is 0.157. The molecule has 0 bridgehead atoms. The topological polar surface area (TPSA) is 49.4 Å². The lowest BCUT2D eigenvalue weighted by atomic mass is 10.1. The van der Waals surface area contributed by atoms with Crippen LogP contribution in [0.15, 0.2) is 18.2 Å². The lowest BCUT2D eigenvalue weighted by Crippen LogP contribution is -2.42. The van der Waals surface area contributed by atoms with Gasteiger partial charge in [0.2, 0.25) is 5.91 Å². The maximum atomic E-state index is 13.6. The molecular formula is C18H22F2N2O2. The summed E-state index contributed by atoms with van der Waals surface area (Å²) in [7, 11) is 0. The second-order valence-corrected chi connectivity index (χ2v) is 6.60. The molecule has 1 aromatic carbocycles. The Labute approximate surface area is 140 Å². The van der Waals surface area contributed by atoms with Gasteiger partial charge >= 0.3 is 0 Å². The lowest BCUT2D eigenvalue weighted by molar-refractivity contribution is -0.134. The van der Waals surface area contributed by atoms with Gasteiger partial charge in [0.25, 0.3) is 5.91 Å². The van der Waals surface area contributed by atoms with E-state index in [1.807, 2.05) is 4.90 Å². The molecule has 2 amide bonds. The van der Waals surface area contributed by atoms with Gasteiger partial charge in [-0.05, 0) is 37.8 Å². The Bertz CT molecular complexity index is 625. The Hall–Kier alpha value is -1.98. The van der Waals surface area contributed by atoms with Crippen molar-refractivity contribution in [3.8, 4) is 0 Å². The largest absolute Gasteiger partial charge is 0.351 e. The Kier molecular flexibility index (Phi) is 5.11. The van der Waals surface area contributed by atoms with Gasteiger partial charge in [-0.1, -0.05) is 12.8 Å². The van der Waals surface area contributed by atoms with Crippen molar-refractivity contribution in [2.75, 3.05) is 6.54 Å². The number of amides is 2. The van der Waals surface area contributed by atoms with Gasteiger partial charge in [-0.25, -0.2) is 8.78 Å². The van der Waals surface area contributed by atoms with Crippen LogP contribution in [0.2, 0.25) is 0 Å². The summed E-state index contributed by atoms with van der Waals surface area (Å²) in [5.74, 6) is -2.19. The summed E-state index contributed by atoms with van der Waals surface area (Å²) in [6.07, 6.45) is 6.81. The third-order valence-corrected chi connectivity index (χ3v) is 4.75. The molecule has 2 saturated carbocycles. The van der Waals surface area contributed by atoms with Crippen molar-refractivity contribution in [3.63, 3.8) is 0 Å². The van der Waals surface area contributed by atoms with Crippen molar-refractivity contribution in [1.29, 1.82) is 0 Å². The van der Waals surface area contributed by atoms with Gasteiger partial charge in [-0.2, -0.15) is 0 Å². The van der Waals surface area contributed by atoms with Crippen LogP contribution in [0.25, 0.3) is 0 Å². The van der Waals surface area contributed by atoms with E-state index in [9.17, 15) is 18.4 Å². The van der Waals surface area contributed by atoms with E-state index in [1.165, 1.54) is 12.8 Å². The van der Waals surface area contributed by atoms with Crippen molar-refractivity contribution >= 4 is 11.8 Å². The van der Waals surface area contributed by atoms with Crippen LogP contribution in [0, 0.1) is 11.6 Å². The molecule has 0 spiro atoms. The Balaban J connectivity index is 1.51. The molecule has 1 aromatic rings. The molecule has 0 unspecified atom stereocenters. The quantitative estimate of drug-likeness (QED) is 0.868. The average molecular weight is 336 g/mol. The fourth-order valence-electron chi connectivity index (χ4n) is 3.42. The molecular weight excluding hydrogens is 314 g/mol. The van der Waals surface area contributed by atoms with E-state index in [0.29, 0.717) is 18.2 Å². The van der Waals surface area contributed by atoms with Crippen molar-refractivity contribution in [2.24, 2.45) is 0 Å². The predicted octanol–water partition coefficient (Wildman–Crippen LogP) is 3.02. The van der Waals surface area contributed by atoms with Crippen molar-refractivity contribution < 1.29 is 18.4 Å². The van der Waals surface area contributed by atoms with E-state index in [0.717, 1.165) is 37.8 Å². The maximum Gasteiger partial charge on any atom is 0.254 e. The van der Waals surface area contributed by atoms with E-state index in [4.69, 9.17) is 0 Å². The molecule has 130 valence electrons. The highest BCUT2D eigenvalue weighted by atomic mass is 19.1. The van der Waals surface area contributed by atoms with Crippen LogP contribution in [0.1, 0.15) is 55.3 Å². The molecule has 2 aliphatic rings. The number of halogens is 2. The van der Waals surface area contributed by atoms with Gasteiger partial charge in [0.05, 0.1) is 5.56 Å². The highest BCUT2D eigenvalue weighted by Crippen LogP contribution is 2.34. The summed E-state index contributed by atoms with van der Waals surface area (Å²) in [4.78, 5) is 26.4. The Morgan fingerprint density at radius 2 is 1.75 bits per heavy atom. The molecule has 0 radical (unpaired) electrons. The Morgan fingerprint density at radius 1 is 1.08 bits per heavy atom. The van der Waals surface area contributed by atoms with E-state index >= 15 is 0 Å². The number of carbonyl (C=O) groups is 2. The molecule has 6 heteroatoms. The molecule has 0 aromatic heterocycles. The molecule has 1 N–H and O–H groups in total. The zero-order valence-corrected chi connectivity index (χ0v) is 13.6. The minimum atomic E-state index is -0.899. The van der Waals surface area contributed by atoms with Crippen LogP contribution in [0.3, 0.4) is 0 Å². The van der Waals surface area contributed by atoms with Crippen molar-refractivity contribution in [2.45, 2.75) is 57.0 Å².